The Labute approximate surface area is 120 Å². The number of ether oxygens (including phenoxy) is 1. The second-order valence-electron chi connectivity index (χ2n) is 5.53. The first-order valence-electron chi connectivity index (χ1n) is 7.30. The van der Waals surface area contributed by atoms with E-state index in [1.165, 1.54) is 41.5 Å². The van der Waals surface area contributed by atoms with Crippen LogP contribution in [0.3, 0.4) is 0 Å². The zero-order chi connectivity index (χ0) is 13.9. The maximum Gasteiger partial charge on any atom is 0.131 e. The monoisotopic (exact) mass is 267 g/mol. The largest absolute Gasteiger partial charge is 0.457 e. The molecule has 0 atom stereocenters. The third-order valence-corrected chi connectivity index (χ3v) is 3.88. The Hall–Kier alpha value is -1.80. The van der Waals surface area contributed by atoms with Crippen LogP contribution >= 0.6 is 0 Å². The fraction of sp³-hybridized carbons (Fsp3) is 0.333. The van der Waals surface area contributed by atoms with Crippen LogP contribution in [-0.2, 0) is 19.4 Å². The molecule has 0 saturated carbocycles. The van der Waals surface area contributed by atoms with Gasteiger partial charge in [0.2, 0.25) is 0 Å². The van der Waals surface area contributed by atoms with Gasteiger partial charge >= 0.3 is 0 Å². The van der Waals surface area contributed by atoms with Crippen LogP contribution in [0.15, 0.2) is 36.4 Å². The van der Waals surface area contributed by atoms with Gasteiger partial charge < -0.3 is 10.1 Å². The van der Waals surface area contributed by atoms with E-state index in [1.54, 1.807) is 0 Å². The van der Waals surface area contributed by atoms with Crippen LogP contribution in [-0.4, -0.2) is 7.05 Å². The topological polar surface area (TPSA) is 21.3 Å². The first kappa shape index (κ1) is 13.2. The molecular weight excluding hydrogens is 246 g/mol. The quantitative estimate of drug-likeness (QED) is 0.904. The molecule has 0 unspecified atom stereocenters. The lowest BCUT2D eigenvalue weighted by molar-refractivity contribution is 0.473. The number of hydrogen-bond donors (Lipinski definition) is 1. The van der Waals surface area contributed by atoms with Gasteiger partial charge in [0.15, 0.2) is 0 Å². The number of benzene rings is 2. The summed E-state index contributed by atoms with van der Waals surface area (Å²) in [6, 6.07) is 12.8. The average molecular weight is 267 g/mol. The summed E-state index contributed by atoms with van der Waals surface area (Å²) < 4.78 is 6.10. The number of aryl methyl sites for hydroxylation is 3. The zero-order valence-corrected chi connectivity index (χ0v) is 12.2. The highest BCUT2D eigenvalue weighted by Crippen LogP contribution is 2.30. The highest BCUT2D eigenvalue weighted by Gasteiger charge is 2.12. The lowest BCUT2D eigenvalue weighted by Gasteiger charge is -2.13. The highest BCUT2D eigenvalue weighted by molar-refractivity contribution is 5.43. The molecule has 0 heterocycles. The standard InChI is InChI=1S/C18H21NO/c1-13-6-9-18(16(10-13)12-19-2)20-17-8-7-14-4-3-5-15(14)11-17/h6-11,19H,3-5,12H2,1-2H3. The van der Waals surface area contributed by atoms with E-state index in [1.807, 2.05) is 7.05 Å². The molecule has 104 valence electrons. The molecule has 2 nitrogen and oxygen atoms in total. The summed E-state index contributed by atoms with van der Waals surface area (Å²) in [6.07, 6.45) is 3.67. The first-order chi connectivity index (χ1) is 9.76. The van der Waals surface area contributed by atoms with Gasteiger partial charge in [0, 0.05) is 12.1 Å². The van der Waals surface area contributed by atoms with E-state index >= 15 is 0 Å². The number of fused-ring (bicyclic) bond motifs is 1. The predicted molar refractivity (Wildman–Crippen MR) is 82.5 cm³/mol. The summed E-state index contributed by atoms with van der Waals surface area (Å²) in [7, 11) is 1.96. The van der Waals surface area contributed by atoms with E-state index in [0.29, 0.717) is 0 Å². The molecule has 0 radical (unpaired) electrons. The van der Waals surface area contributed by atoms with Crippen molar-refractivity contribution < 1.29 is 4.74 Å². The van der Waals surface area contributed by atoms with Crippen LogP contribution in [0.1, 0.15) is 28.7 Å². The van der Waals surface area contributed by atoms with Crippen LogP contribution < -0.4 is 10.1 Å². The van der Waals surface area contributed by atoms with Crippen molar-refractivity contribution >= 4 is 0 Å². The summed E-state index contributed by atoms with van der Waals surface area (Å²) in [5, 5.41) is 3.20. The molecule has 0 spiro atoms. The second-order valence-corrected chi connectivity index (χ2v) is 5.53. The van der Waals surface area contributed by atoms with E-state index in [4.69, 9.17) is 4.74 Å². The molecule has 2 heteroatoms. The molecule has 0 amide bonds. The molecule has 1 aliphatic carbocycles. The van der Waals surface area contributed by atoms with Crippen molar-refractivity contribution in [1.29, 1.82) is 0 Å². The SMILES string of the molecule is CNCc1cc(C)ccc1Oc1ccc2c(c1)CCC2. The maximum atomic E-state index is 6.10. The van der Waals surface area contributed by atoms with E-state index in [9.17, 15) is 0 Å². The van der Waals surface area contributed by atoms with Gasteiger partial charge in [0.1, 0.15) is 11.5 Å². The first-order valence-corrected chi connectivity index (χ1v) is 7.30. The third kappa shape index (κ3) is 2.70. The molecule has 0 fully saturated rings. The minimum Gasteiger partial charge on any atom is -0.457 e. The van der Waals surface area contributed by atoms with E-state index in [2.05, 4.69) is 48.6 Å². The zero-order valence-electron chi connectivity index (χ0n) is 12.2. The van der Waals surface area contributed by atoms with Gasteiger partial charge in [0.25, 0.3) is 0 Å². The van der Waals surface area contributed by atoms with Gasteiger partial charge in [-0.3, -0.25) is 0 Å². The molecule has 0 aliphatic heterocycles. The number of nitrogens with one attached hydrogen (secondary N) is 1. The fourth-order valence-electron chi connectivity index (χ4n) is 2.88. The van der Waals surface area contributed by atoms with E-state index in [-0.39, 0.29) is 0 Å². The van der Waals surface area contributed by atoms with Gasteiger partial charge in [-0.25, -0.2) is 0 Å². The number of hydrogen-bond acceptors (Lipinski definition) is 2. The highest BCUT2D eigenvalue weighted by atomic mass is 16.5. The average Bonchev–Trinajstić information content (AvgIpc) is 2.89. The molecule has 1 N–H and O–H groups in total. The van der Waals surface area contributed by atoms with Crippen LogP contribution in [0, 0.1) is 6.92 Å². The Bertz CT molecular complexity index is 619. The Morgan fingerprint density at radius 2 is 1.90 bits per heavy atom. The molecule has 20 heavy (non-hydrogen) atoms. The molecule has 0 bridgehead atoms. The van der Waals surface area contributed by atoms with Gasteiger partial charge in [-0.2, -0.15) is 0 Å². The van der Waals surface area contributed by atoms with Crippen molar-refractivity contribution in [2.24, 2.45) is 0 Å². The van der Waals surface area contributed by atoms with Crippen LogP contribution in [0.4, 0.5) is 0 Å². The van der Waals surface area contributed by atoms with Crippen molar-refractivity contribution in [1.82, 2.24) is 5.32 Å². The van der Waals surface area contributed by atoms with Crippen molar-refractivity contribution in [3.63, 3.8) is 0 Å². The van der Waals surface area contributed by atoms with Crippen molar-refractivity contribution in [3.8, 4) is 11.5 Å². The summed E-state index contributed by atoms with van der Waals surface area (Å²) in [4.78, 5) is 0. The Morgan fingerprint density at radius 1 is 1.05 bits per heavy atom. The second kappa shape index (κ2) is 5.68. The normalized spacial score (nSPS) is 13.3. The van der Waals surface area contributed by atoms with Crippen LogP contribution in [0.5, 0.6) is 11.5 Å². The molecule has 2 aromatic carbocycles. The van der Waals surface area contributed by atoms with Gasteiger partial charge in [-0.1, -0.05) is 23.8 Å². The van der Waals surface area contributed by atoms with E-state index in [0.717, 1.165) is 18.0 Å². The Balaban J connectivity index is 1.87. The van der Waals surface area contributed by atoms with Crippen molar-refractivity contribution in [2.75, 3.05) is 7.05 Å². The fourth-order valence-corrected chi connectivity index (χ4v) is 2.88. The molecule has 0 saturated heterocycles. The maximum absolute atomic E-state index is 6.10. The molecule has 2 aromatic rings. The lowest BCUT2D eigenvalue weighted by atomic mass is 10.1. The van der Waals surface area contributed by atoms with Crippen LogP contribution in [0.2, 0.25) is 0 Å². The molecule has 0 aromatic heterocycles. The molecule has 1 aliphatic rings. The predicted octanol–water partition coefficient (Wildman–Crippen LogP) is 4.00. The minimum atomic E-state index is 0.821. The van der Waals surface area contributed by atoms with Crippen molar-refractivity contribution in [3.05, 3.63) is 58.7 Å². The Kier molecular flexibility index (Phi) is 3.75. The molecule has 3 rings (SSSR count). The summed E-state index contributed by atoms with van der Waals surface area (Å²) in [5.41, 5.74) is 5.39. The van der Waals surface area contributed by atoms with Gasteiger partial charge in [-0.15, -0.1) is 0 Å². The Morgan fingerprint density at radius 3 is 2.75 bits per heavy atom. The minimum absolute atomic E-state index is 0.821. The summed E-state index contributed by atoms with van der Waals surface area (Å²) in [6.45, 7) is 2.93. The van der Waals surface area contributed by atoms with Crippen LogP contribution in [0.25, 0.3) is 0 Å². The molecular formula is C18H21NO. The van der Waals surface area contributed by atoms with Gasteiger partial charge in [-0.05, 0) is 62.6 Å². The smallest absolute Gasteiger partial charge is 0.131 e. The third-order valence-electron chi connectivity index (χ3n) is 3.88. The number of rotatable bonds is 4. The van der Waals surface area contributed by atoms with E-state index < -0.39 is 0 Å². The van der Waals surface area contributed by atoms with Gasteiger partial charge in [0.05, 0.1) is 0 Å². The lowest BCUT2D eigenvalue weighted by Crippen LogP contribution is -2.06. The summed E-state index contributed by atoms with van der Waals surface area (Å²) >= 11 is 0. The van der Waals surface area contributed by atoms with Crippen molar-refractivity contribution in [2.45, 2.75) is 32.7 Å². The summed E-state index contributed by atoms with van der Waals surface area (Å²) in [5.74, 6) is 1.90.